The summed E-state index contributed by atoms with van der Waals surface area (Å²) in [5, 5.41) is 0. The second-order valence-electron chi connectivity index (χ2n) is 7.81. The quantitative estimate of drug-likeness (QED) is 0.356. The lowest BCUT2D eigenvalue weighted by Gasteiger charge is -2.18. The van der Waals surface area contributed by atoms with E-state index in [1.54, 1.807) is 48.5 Å². The minimum absolute atomic E-state index is 0.133. The molecule has 2 heterocycles. The molecule has 0 fully saturated rings. The van der Waals surface area contributed by atoms with Gasteiger partial charge in [0.25, 0.3) is 0 Å². The zero-order valence-electron chi connectivity index (χ0n) is 16.5. The van der Waals surface area contributed by atoms with Crippen molar-refractivity contribution in [3.63, 3.8) is 0 Å². The summed E-state index contributed by atoms with van der Waals surface area (Å²) in [6, 6.07) is 19.5. The van der Waals surface area contributed by atoms with Gasteiger partial charge < -0.3 is 11.5 Å². The normalized spacial score (nSPS) is 16.1. The third kappa shape index (κ3) is 2.18. The van der Waals surface area contributed by atoms with E-state index in [0.717, 1.165) is 0 Å². The van der Waals surface area contributed by atoms with Crippen LogP contribution in [0, 0.1) is 0 Å². The van der Waals surface area contributed by atoms with E-state index < -0.39 is 19.7 Å². The first-order chi connectivity index (χ1) is 15.2. The van der Waals surface area contributed by atoms with E-state index in [9.17, 15) is 16.8 Å². The second kappa shape index (κ2) is 5.99. The molecule has 0 saturated carbocycles. The zero-order chi connectivity index (χ0) is 22.4. The summed E-state index contributed by atoms with van der Waals surface area (Å²) in [5.41, 5.74) is 16.3. The third-order valence-electron chi connectivity index (χ3n) is 6.12. The molecule has 8 heteroatoms. The molecule has 0 radical (unpaired) electrons. The summed E-state index contributed by atoms with van der Waals surface area (Å²) < 4.78 is 52.9. The van der Waals surface area contributed by atoms with E-state index in [1.165, 1.54) is 24.3 Å². The fraction of sp³-hybridized carbons (Fsp3) is 0. The van der Waals surface area contributed by atoms with Gasteiger partial charge in [0.2, 0.25) is 19.7 Å². The number of anilines is 2. The molecule has 4 N–H and O–H groups in total. The first-order valence-electron chi connectivity index (χ1n) is 9.79. The fourth-order valence-corrected chi connectivity index (χ4v) is 8.14. The van der Waals surface area contributed by atoms with Crippen LogP contribution in [-0.2, 0) is 19.7 Å². The van der Waals surface area contributed by atoms with Crippen molar-refractivity contribution in [2.75, 3.05) is 11.5 Å². The Hall–Kier alpha value is -3.62. The number of sulfone groups is 2. The number of nitrogens with two attached hydrogens (primary N) is 2. The Labute approximate surface area is 185 Å². The van der Waals surface area contributed by atoms with Gasteiger partial charge in [0.15, 0.2) is 0 Å². The van der Waals surface area contributed by atoms with Crippen molar-refractivity contribution in [3.8, 4) is 33.4 Å². The number of nitrogen functional groups attached to an aromatic ring is 2. The van der Waals surface area contributed by atoms with Crippen molar-refractivity contribution < 1.29 is 16.8 Å². The van der Waals surface area contributed by atoms with Crippen LogP contribution in [0.15, 0.2) is 92.4 Å². The highest BCUT2D eigenvalue weighted by Crippen LogP contribution is 2.56. The molecule has 2 aliphatic heterocycles. The Morgan fingerprint density at radius 3 is 1.22 bits per heavy atom. The summed E-state index contributed by atoms with van der Waals surface area (Å²) >= 11 is 0. The minimum atomic E-state index is -3.74. The van der Waals surface area contributed by atoms with E-state index in [-0.39, 0.29) is 19.6 Å². The van der Waals surface area contributed by atoms with Crippen LogP contribution in [0.25, 0.3) is 33.4 Å². The van der Waals surface area contributed by atoms with Crippen LogP contribution < -0.4 is 11.5 Å². The van der Waals surface area contributed by atoms with Gasteiger partial charge in [-0.2, -0.15) is 0 Å². The van der Waals surface area contributed by atoms with Gasteiger partial charge in [-0.1, -0.05) is 36.4 Å². The molecule has 6 nitrogen and oxygen atoms in total. The first-order valence-corrected chi connectivity index (χ1v) is 12.8. The molecule has 0 saturated heterocycles. The molecule has 0 aromatic heterocycles. The van der Waals surface area contributed by atoms with Crippen molar-refractivity contribution >= 4 is 31.0 Å². The minimum Gasteiger partial charge on any atom is -0.398 e. The molecule has 2 aliphatic rings. The molecular formula is C24H16N2O4S2. The van der Waals surface area contributed by atoms with Crippen molar-refractivity contribution in [1.29, 1.82) is 0 Å². The predicted molar refractivity (Wildman–Crippen MR) is 122 cm³/mol. The average molecular weight is 461 g/mol. The number of hydrogen-bond donors (Lipinski definition) is 2. The van der Waals surface area contributed by atoms with Crippen molar-refractivity contribution in [2.24, 2.45) is 0 Å². The molecule has 6 rings (SSSR count). The Kier molecular flexibility index (Phi) is 3.58. The van der Waals surface area contributed by atoms with E-state index >= 15 is 0 Å². The Balaban J connectivity index is 1.83. The lowest BCUT2D eigenvalue weighted by Crippen LogP contribution is -2.02. The van der Waals surface area contributed by atoms with Gasteiger partial charge in [0.05, 0.1) is 19.6 Å². The topological polar surface area (TPSA) is 120 Å². The van der Waals surface area contributed by atoms with Gasteiger partial charge in [-0.15, -0.1) is 0 Å². The molecule has 32 heavy (non-hydrogen) atoms. The number of rotatable bonds is 1. The second-order valence-corrected chi connectivity index (χ2v) is 11.6. The fourth-order valence-electron chi connectivity index (χ4n) is 4.77. The van der Waals surface area contributed by atoms with Crippen LogP contribution in [0.2, 0.25) is 0 Å². The zero-order valence-corrected chi connectivity index (χ0v) is 18.2. The highest BCUT2D eigenvalue weighted by molar-refractivity contribution is 7.92. The van der Waals surface area contributed by atoms with Crippen LogP contribution in [0.3, 0.4) is 0 Å². The predicted octanol–water partition coefficient (Wildman–Crippen LogP) is 4.14. The van der Waals surface area contributed by atoms with E-state index in [1.807, 2.05) is 0 Å². The van der Waals surface area contributed by atoms with E-state index in [4.69, 9.17) is 11.5 Å². The SMILES string of the molecule is Nc1ccc2c(c1-c1c(N)ccc3c1-c1ccccc1S3(=O)=O)-c1ccccc1S2(=O)=O. The van der Waals surface area contributed by atoms with Crippen LogP contribution in [0.4, 0.5) is 11.4 Å². The molecule has 4 aromatic rings. The number of fused-ring (bicyclic) bond motifs is 6. The van der Waals surface area contributed by atoms with Gasteiger partial charge >= 0.3 is 0 Å². The Morgan fingerprint density at radius 1 is 0.438 bits per heavy atom. The maximum atomic E-state index is 13.2. The summed E-state index contributed by atoms with van der Waals surface area (Å²) in [6.45, 7) is 0. The molecule has 0 amide bonds. The van der Waals surface area contributed by atoms with Gasteiger partial charge in [0.1, 0.15) is 0 Å². The van der Waals surface area contributed by atoms with Gasteiger partial charge in [0, 0.05) is 44.8 Å². The summed E-state index contributed by atoms with van der Waals surface area (Å²) in [4.78, 5) is 0.658. The molecule has 158 valence electrons. The Morgan fingerprint density at radius 2 is 0.812 bits per heavy atom. The maximum absolute atomic E-state index is 13.2. The monoisotopic (exact) mass is 460 g/mol. The molecule has 0 aliphatic carbocycles. The van der Waals surface area contributed by atoms with Crippen molar-refractivity contribution in [2.45, 2.75) is 19.6 Å². The number of hydrogen-bond acceptors (Lipinski definition) is 6. The summed E-state index contributed by atoms with van der Waals surface area (Å²) in [7, 11) is -7.47. The van der Waals surface area contributed by atoms with Crippen LogP contribution in [-0.4, -0.2) is 16.8 Å². The van der Waals surface area contributed by atoms with E-state index in [0.29, 0.717) is 44.8 Å². The van der Waals surface area contributed by atoms with Crippen molar-refractivity contribution in [3.05, 3.63) is 72.8 Å². The highest BCUT2D eigenvalue weighted by atomic mass is 32.2. The van der Waals surface area contributed by atoms with Gasteiger partial charge in [-0.25, -0.2) is 16.8 Å². The van der Waals surface area contributed by atoms with Gasteiger partial charge in [-0.3, -0.25) is 0 Å². The average Bonchev–Trinajstić information content (AvgIpc) is 3.15. The standard InChI is InChI=1S/C24H16N2O4S2/c25-15-9-11-19-21(13-5-1-3-7-17(13)31(19,27)28)23(15)24-16(26)10-12-20-22(24)14-6-2-4-8-18(14)32(20,29)30/h1-12H,25-26H2. The van der Waals surface area contributed by atoms with E-state index in [2.05, 4.69) is 0 Å². The Bertz CT molecular complexity index is 1590. The number of benzene rings is 4. The molecule has 4 aromatic carbocycles. The molecule has 0 bridgehead atoms. The van der Waals surface area contributed by atoms with Crippen LogP contribution in [0.5, 0.6) is 0 Å². The largest absolute Gasteiger partial charge is 0.398 e. The third-order valence-corrected chi connectivity index (χ3v) is 9.83. The lowest BCUT2D eigenvalue weighted by molar-refractivity contribution is 0.597. The molecule has 0 unspecified atom stereocenters. The van der Waals surface area contributed by atoms with Crippen LogP contribution in [0.1, 0.15) is 0 Å². The molecule has 0 spiro atoms. The molecular weight excluding hydrogens is 444 g/mol. The van der Waals surface area contributed by atoms with Gasteiger partial charge in [-0.05, 0) is 36.4 Å². The summed E-state index contributed by atoms with van der Waals surface area (Å²) in [5.74, 6) is 0. The van der Waals surface area contributed by atoms with Crippen LogP contribution >= 0.6 is 0 Å². The highest BCUT2D eigenvalue weighted by Gasteiger charge is 2.39. The van der Waals surface area contributed by atoms with Crippen molar-refractivity contribution in [1.82, 2.24) is 0 Å². The first kappa shape index (κ1) is 19.1. The molecule has 0 atom stereocenters. The maximum Gasteiger partial charge on any atom is 0.207 e. The lowest BCUT2D eigenvalue weighted by atomic mass is 9.87. The summed E-state index contributed by atoms with van der Waals surface area (Å²) in [6.07, 6.45) is 0. The smallest absolute Gasteiger partial charge is 0.207 e.